The topological polar surface area (TPSA) is 108 Å². The molecule has 0 unspecified atom stereocenters. The van der Waals surface area contributed by atoms with Crippen LogP contribution in [-0.4, -0.2) is 59.0 Å². The number of amides is 2. The summed E-state index contributed by atoms with van der Waals surface area (Å²) in [4.78, 5) is 29.1. The van der Waals surface area contributed by atoms with E-state index in [-0.39, 0.29) is 11.5 Å². The zero-order valence-corrected chi connectivity index (χ0v) is 16.4. The molecule has 2 aliphatic heterocycles. The lowest BCUT2D eigenvalue weighted by Gasteiger charge is -2.44. The highest BCUT2D eigenvalue weighted by Gasteiger charge is 2.51. The van der Waals surface area contributed by atoms with Crippen LogP contribution in [0.5, 0.6) is 0 Å². The van der Waals surface area contributed by atoms with Gasteiger partial charge >= 0.3 is 0 Å². The molecule has 0 bridgehead atoms. The van der Waals surface area contributed by atoms with E-state index >= 15 is 0 Å². The van der Waals surface area contributed by atoms with Crippen LogP contribution in [0.2, 0.25) is 0 Å². The summed E-state index contributed by atoms with van der Waals surface area (Å²) in [5.41, 5.74) is 2.97. The van der Waals surface area contributed by atoms with E-state index in [0.29, 0.717) is 48.7 Å². The van der Waals surface area contributed by atoms with Gasteiger partial charge in [0.1, 0.15) is 11.2 Å². The molecule has 2 aromatic rings. The van der Waals surface area contributed by atoms with Crippen LogP contribution < -0.4 is 20.6 Å². The molecule has 0 aromatic heterocycles. The van der Waals surface area contributed by atoms with Crippen molar-refractivity contribution >= 4 is 35.6 Å². The molecule has 2 aliphatic rings. The van der Waals surface area contributed by atoms with Crippen LogP contribution in [0, 0.1) is 0 Å². The normalized spacial score (nSPS) is 17.7. The average Bonchev–Trinajstić information content (AvgIpc) is 3.09. The van der Waals surface area contributed by atoms with E-state index in [1.54, 1.807) is 23.7 Å². The number of hydrogen-bond donors (Lipinski definition) is 4. The number of nitrogens with one attached hydrogen (secondary N) is 2. The lowest BCUT2D eigenvalue weighted by Crippen LogP contribution is -2.56. The Bertz CT molecular complexity index is 986. The van der Waals surface area contributed by atoms with Gasteiger partial charge in [-0.3, -0.25) is 20.0 Å². The molecule has 1 spiro atoms. The average molecular weight is 410 g/mol. The summed E-state index contributed by atoms with van der Waals surface area (Å²) in [7, 11) is 0. The molecule has 2 aromatic carbocycles. The maximum atomic E-state index is 12.8. The molecule has 2 heterocycles. The van der Waals surface area contributed by atoms with Crippen LogP contribution >= 0.6 is 0 Å². The van der Waals surface area contributed by atoms with Crippen molar-refractivity contribution in [3.05, 3.63) is 54.1 Å². The third kappa shape index (κ3) is 3.13. The highest BCUT2D eigenvalue weighted by molar-refractivity contribution is 6.01. The van der Waals surface area contributed by atoms with Gasteiger partial charge in [-0.1, -0.05) is 24.3 Å². The van der Waals surface area contributed by atoms with E-state index in [1.807, 2.05) is 35.2 Å². The van der Waals surface area contributed by atoms with Gasteiger partial charge in [-0.05, 0) is 31.0 Å². The van der Waals surface area contributed by atoms with Crippen molar-refractivity contribution in [1.29, 1.82) is 0 Å². The molecule has 0 atom stereocenters. The van der Waals surface area contributed by atoms with Gasteiger partial charge in [0.2, 0.25) is 5.91 Å². The molecule has 156 valence electrons. The summed E-state index contributed by atoms with van der Waals surface area (Å²) in [5, 5.41) is 22.1. The molecule has 4 rings (SSSR count). The van der Waals surface area contributed by atoms with E-state index in [0.717, 1.165) is 5.69 Å². The zero-order chi connectivity index (χ0) is 21.3. The zero-order valence-electron chi connectivity index (χ0n) is 16.4. The van der Waals surface area contributed by atoms with Gasteiger partial charge in [0.15, 0.2) is 6.72 Å². The Morgan fingerprint density at radius 1 is 1.13 bits per heavy atom. The maximum absolute atomic E-state index is 12.8. The number of hydroxylamine groups is 1. The number of carbonyl (C=O) groups is 2. The minimum absolute atomic E-state index is 0.00597. The van der Waals surface area contributed by atoms with Gasteiger partial charge < -0.3 is 15.1 Å². The first-order valence-electron chi connectivity index (χ1n) is 9.71. The number of hydrogen-bond acceptors (Lipinski definition) is 6. The number of piperidine rings is 1. The standard InChI is InChI=1S/C21H23N5O4/c1-24(30)17-9-5-8-16(19(27)23-29)18(17)25-12-10-21(11-13-25)20(28)22-14-26(21)15-6-3-2-4-7-15/h2-9H,1,10-14H2,(H3-,22,23,27,28,29,30)/p+1. The van der Waals surface area contributed by atoms with Crippen LogP contribution in [-0.2, 0) is 4.79 Å². The van der Waals surface area contributed by atoms with Crippen LogP contribution in [0.15, 0.2) is 48.5 Å². The molecule has 2 amide bonds. The highest BCUT2D eigenvalue weighted by Crippen LogP contribution is 2.40. The van der Waals surface area contributed by atoms with Crippen LogP contribution in [0.1, 0.15) is 23.2 Å². The lowest BCUT2D eigenvalue weighted by atomic mass is 9.85. The first-order valence-corrected chi connectivity index (χ1v) is 9.71. The minimum atomic E-state index is -0.682. The Labute approximate surface area is 173 Å². The van der Waals surface area contributed by atoms with E-state index in [2.05, 4.69) is 16.9 Å². The molecule has 2 fully saturated rings. The van der Waals surface area contributed by atoms with E-state index in [4.69, 9.17) is 5.21 Å². The van der Waals surface area contributed by atoms with Crippen molar-refractivity contribution in [2.75, 3.05) is 29.6 Å². The summed E-state index contributed by atoms with van der Waals surface area (Å²) in [5.74, 6) is -0.688. The largest absolute Gasteiger partial charge is 0.365 e. The number of anilines is 2. The number of rotatable bonds is 4. The highest BCUT2D eigenvalue weighted by atomic mass is 16.5. The number of para-hydroxylation sites is 2. The van der Waals surface area contributed by atoms with Crippen LogP contribution in [0.3, 0.4) is 0 Å². The Morgan fingerprint density at radius 3 is 2.47 bits per heavy atom. The predicted octanol–water partition coefficient (Wildman–Crippen LogP) is 1.47. The van der Waals surface area contributed by atoms with Crippen LogP contribution in [0.4, 0.5) is 17.1 Å². The Morgan fingerprint density at radius 2 is 1.83 bits per heavy atom. The molecule has 0 radical (unpaired) electrons. The molecular weight excluding hydrogens is 386 g/mol. The summed E-state index contributed by atoms with van der Waals surface area (Å²) >= 11 is 0. The van der Waals surface area contributed by atoms with Crippen molar-refractivity contribution < 1.29 is 24.7 Å². The fourth-order valence-corrected chi connectivity index (χ4v) is 4.45. The van der Waals surface area contributed by atoms with Crippen molar-refractivity contribution in [2.45, 2.75) is 18.4 Å². The van der Waals surface area contributed by atoms with E-state index in [1.165, 1.54) is 0 Å². The molecular formula is C21H24N5O4+. The summed E-state index contributed by atoms with van der Waals surface area (Å²) in [6, 6.07) is 14.6. The third-order valence-electron chi connectivity index (χ3n) is 5.95. The van der Waals surface area contributed by atoms with Gasteiger partial charge in [-0.2, -0.15) is 0 Å². The van der Waals surface area contributed by atoms with Crippen molar-refractivity contribution in [3.63, 3.8) is 0 Å². The quantitative estimate of drug-likeness (QED) is 0.200. The van der Waals surface area contributed by atoms with Gasteiger partial charge in [-0.25, -0.2) is 5.48 Å². The molecule has 2 saturated heterocycles. The van der Waals surface area contributed by atoms with Gasteiger partial charge in [0.25, 0.3) is 11.6 Å². The molecule has 4 N–H and O–H groups in total. The Balaban J connectivity index is 1.66. The molecule has 9 nitrogen and oxygen atoms in total. The van der Waals surface area contributed by atoms with E-state index in [9.17, 15) is 14.8 Å². The second kappa shape index (κ2) is 7.68. The summed E-state index contributed by atoms with van der Waals surface area (Å²) in [6.07, 6.45) is 1.07. The van der Waals surface area contributed by atoms with Crippen molar-refractivity contribution in [2.24, 2.45) is 0 Å². The van der Waals surface area contributed by atoms with Crippen molar-refractivity contribution in [3.8, 4) is 0 Å². The van der Waals surface area contributed by atoms with Gasteiger partial charge in [0.05, 0.1) is 12.2 Å². The van der Waals surface area contributed by atoms with Crippen LogP contribution in [0.25, 0.3) is 0 Å². The predicted molar refractivity (Wildman–Crippen MR) is 111 cm³/mol. The molecule has 9 heteroatoms. The smallest absolute Gasteiger partial charge is 0.280 e. The summed E-state index contributed by atoms with van der Waals surface area (Å²) in [6.45, 7) is 4.93. The number of nitrogens with zero attached hydrogens (tertiary/aromatic N) is 3. The lowest BCUT2D eigenvalue weighted by molar-refractivity contribution is -0.706. The minimum Gasteiger partial charge on any atom is -0.365 e. The maximum Gasteiger partial charge on any atom is 0.280 e. The molecule has 0 saturated carbocycles. The SMILES string of the molecule is C=[N+](O)c1cccc(C(=O)NO)c1N1CCC2(CC1)C(=O)NCN2c1ccccc1. The summed E-state index contributed by atoms with van der Waals surface area (Å²) < 4.78 is 0.701. The second-order valence-corrected chi connectivity index (χ2v) is 7.46. The Hall–Kier alpha value is -3.59. The second-order valence-electron chi connectivity index (χ2n) is 7.46. The monoisotopic (exact) mass is 410 g/mol. The van der Waals surface area contributed by atoms with Gasteiger partial charge in [0, 0.05) is 29.6 Å². The first kappa shape index (κ1) is 19.7. The Kier molecular flexibility index (Phi) is 5.04. The molecule has 30 heavy (non-hydrogen) atoms. The number of carbonyl (C=O) groups excluding carboxylic acids is 2. The van der Waals surface area contributed by atoms with Crippen molar-refractivity contribution in [1.82, 2.24) is 10.8 Å². The number of benzene rings is 2. The fourth-order valence-electron chi connectivity index (χ4n) is 4.45. The fraction of sp³-hybridized carbons (Fsp3) is 0.286. The third-order valence-corrected chi connectivity index (χ3v) is 5.95. The van der Waals surface area contributed by atoms with E-state index < -0.39 is 11.4 Å². The van der Waals surface area contributed by atoms with Gasteiger partial charge in [-0.15, -0.1) is 0 Å². The first-order chi connectivity index (χ1) is 14.5. The molecule has 0 aliphatic carbocycles.